The first-order valence-electron chi connectivity index (χ1n) is 11.5. The Morgan fingerprint density at radius 2 is 1.94 bits per heavy atom. The Morgan fingerprint density at radius 3 is 2.53 bits per heavy atom. The zero-order valence-electron chi connectivity index (χ0n) is 20.5. The van der Waals surface area contributed by atoms with E-state index in [4.69, 9.17) is 4.74 Å². The van der Waals surface area contributed by atoms with Crippen LogP contribution in [0.15, 0.2) is 29.3 Å². The molecule has 1 atom stereocenters. The summed E-state index contributed by atoms with van der Waals surface area (Å²) >= 11 is 0. The van der Waals surface area contributed by atoms with Crippen molar-refractivity contribution in [3.8, 4) is 5.75 Å². The van der Waals surface area contributed by atoms with Crippen LogP contribution in [0, 0.1) is 5.92 Å². The molecule has 1 aromatic carbocycles. The van der Waals surface area contributed by atoms with Crippen LogP contribution in [-0.4, -0.2) is 61.1 Å². The van der Waals surface area contributed by atoms with Crippen molar-refractivity contribution in [1.29, 1.82) is 0 Å². The van der Waals surface area contributed by atoms with Crippen LogP contribution >= 0.6 is 24.0 Å². The van der Waals surface area contributed by atoms with Crippen molar-refractivity contribution in [3.05, 3.63) is 24.3 Å². The lowest BCUT2D eigenvalue weighted by Crippen LogP contribution is -2.42. The van der Waals surface area contributed by atoms with Gasteiger partial charge in [0.05, 0.1) is 6.10 Å². The summed E-state index contributed by atoms with van der Waals surface area (Å²) < 4.78 is 5.71. The highest BCUT2D eigenvalue weighted by Gasteiger charge is 2.22. The van der Waals surface area contributed by atoms with Gasteiger partial charge in [0.2, 0.25) is 5.91 Å². The second kappa shape index (κ2) is 13.9. The number of nitrogens with one attached hydrogen (secondary N) is 3. The number of nitrogens with zero attached hydrogens (tertiary/aromatic N) is 2. The van der Waals surface area contributed by atoms with Gasteiger partial charge in [-0.2, -0.15) is 0 Å². The molecular formula is C24H42IN5O2. The van der Waals surface area contributed by atoms with Crippen molar-refractivity contribution in [2.24, 2.45) is 10.9 Å². The Bertz CT molecular complexity index is 716. The fourth-order valence-electron chi connectivity index (χ4n) is 3.61. The van der Waals surface area contributed by atoms with Crippen molar-refractivity contribution >= 4 is 41.5 Å². The SMILES string of the molecule is CCCN1CCC(CNC(=NCC(=O)NC(C)(C)C)Nc2ccc(OC(C)C)cc2)C1.I. The fourth-order valence-corrected chi connectivity index (χ4v) is 3.61. The lowest BCUT2D eigenvalue weighted by Gasteiger charge is -2.20. The van der Waals surface area contributed by atoms with Gasteiger partial charge < -0.3 is 25.6 Å². The van der Waals surface area contributed by atoms with E-state index in [1.807, 2.05) is 58.9 Å². The molecule has 8 heteroatoms. The number of amides is 1. The number of hydrogen-bond acceptors (Lipinski definition) is 4. The van der Waals surface area contributed by atoms with Crippen LogP contribution in [-0.2, 0) is 4.79 Å². The number of benzene rings is 1. The van der Waals surface area contributed by atoms with Gasteiger partial charge in [-0.05, 0) is 90.7 Å². The van der Waals surface area contributed by atoms with Crippen molar-refractivity contribution in [1.82, 2.24) is 15.5 Å². The van der Waals surface area contributed by atoms with Crippen LogP contribution in [0.3, 0.4) is 0 Å². The molecule has 1 heterocycles. The molecule has 1 saturated heterocycles. The molecule has 7 nitrogen and oxygen atoms in total. The molecule has 1 aliphatic heterocycles. The smallest absolute Gasteiger partial charge is 0.242 e. The number of guanidine groups is 1. The zero-order valence-corrected chi connectivity index (χ0v) is 22.9. The van der Waals surface area contributed by atoms with E-state index in [-0.39, 0.29) is 48.1 Å². The minimum absolute atomic E-state index is 0. The third kappa shape index (κ3) is 11.4. The Kier molecular flexibility index (Phi) is 12.3. The van der Waals surface area contributed by atoms with Gasteiger partial charge in [0.1, 0.15) is 12.3 Å². The average molecular weight is 560 g/mol. The molecule has 182 valence electrons. The Labute approximate surface area is 211 Å². The van der Waals surface area contributed by atoms with Crippen molar-refractivity contribution in [2.45, 2.75) is 66.0 Å². The number of carbonyl (C=O) groups is 1. The van der Waals surface area contributed by atoms with Crippen molar-refractivity contribution < 1.29 is 9.53 Å². The molecule has 0 radical (unpaired) electrons. The highest BCUT2D eigenvalue weighted by Crippen LogP contribution is 2.18. The Hall–Kier alpha value is -1.55. The van der Waals surface area contributed by atoms with Crippen LogP contribution in [0.2, 0.25) is 0 Å². The lowest BCUT2D eigenvalue weighted by atomic mass is 10.1. The second-order valence-corrected chi connectivity index (χ2v) is 9.62. The molecule has 1 amide bonds. The van der Waals surface area contributed by atoms with Gasteiger partial charge >= 0.3 is 0 Å². The minimum atomic E-state index is -0.271. The molecule has 0 aliphatic carbocycles. The first-order chi connectivity index (χ1) is 14.6. The third-order valence-electron chi connectivity index (χ3n) is 4.85. The van der Waals surface area contributed by atoms with Gasteiger partial charge in [-0.25, -0.2) is 4.99 Å². The normalized spacial score (nSPS) is 17.1. The Morgan fingerprint density at radius 1 is 1.25 bits per heavy atom. The van der Waals surface area contributed by atoms with E-state index >= 15 is 0 Å². The number of carbonyl (C=O) groups excluding carboxylic acids is 1. The molecule has 2 rings (SSSR count). The fraction of sp³-hybridized carbons (Fsp3) is 0.667. The standard InChI is InChI=1S/C24H41N5O2.HI/c1-7-13-29-14-12-19(17-29)15-25-23(26-16-22(30)28-24(4,5)6)27-20-8-10-21(11-9-20)31-18(2)3;/h8-11,18-19H,7,12-17H2,1-6H3,(H,28,30)(H2,25,26,27);1H. The first kappa shape index (κ1) is 28.5. The van der Waals surface area contributed by atoms with E-state index < -0.39 is 0 Å². The molecule has 1 aliphatic rings. The highest BCUT2D eigenvalue weighted by atomic mass is 127. The van der Waals surface area contributed by atoms with Gasteiger partial charge in [0.25, 0.3) is 0 Å². The number of anilines is 1. The van der Waals surface area contributed by atoms with Crippen LogP contribution in [0.25, 0.3) is 0 Å². The number of hydrogen-bond donors (Lipinski definition) is 3. The zero-order chi connectivity index (χ0) is 22.9. The maximum absolute atomic E-state index is 12.2. The molecule has 1 fully saturated rings. The number of ether oxygens (including phenoxy) is 1. The van der Waals surface area contributed by atoms with Crippen LogP contribution in [0.1, 0.15) is 54.4 Å². The minimum Gasteiger partial charge on any atom is -0.491 e. The van der Waals surface area contributed by atoms with E-state index in [9.17, 15) is 4.79 Å². The van der Waals surface area contributed by atoms with E-state index in [0.717, 1.165) is 37.6 Å². The number of halogens is 1. The lowest BCUT2D eigenvalue weighted by molar-refractivity contribution is -0.121. The predicted octanol–water partition coefficient (Wildman–Crippen LogP) is 4.10. The largest absolute Gasteiger partial charge is 0.491 e. The van der Waals surface area contributed by atoms with Crippen molar-refractivity contribution in [3.63, 3.8) is 0 Å². The quantitative estimate of drug-likeness (QED) is 0.241. The summed E-state index contributed by atoms with van der Waals surface area (Å²) in [6.45, 7) is 16.5. The van der Waals surface area contributed by atoms with Crippen LogP contribution in [0.4, 0.5) is 5.69 Å². The molecule has 0 bridgehead atoms. The summed E-state index contributed by atoms with van der Waals surface area (Å²) in [6.07, 6.45) is 2.51. The topological polar surface area (TPSA) is 78.0 Å². The summed E-state index contributed by atoms with van der Waals surface area (Å²) in [4.78, 5) is 19.3. The molecule has 1 aromatic rings. The number of likely N-dealkylation sites (tertiary alicyclic amines) is 1. The first-order valence-corrected chi connectivity index (χ1v) is 11.5. The van der Waals surface area contributed by atoms with E-state index in [1.54, 1.807) is 0 Å². The van der Waals surface area contributed by atoms with Gasteiger partial charge in [-0.3, -0.25) is 4.79 Å². The van der Waals surface area contributed by atoms with E-state index in [0.29, 0.717) is 11.9 Å². The van der Waals surface area contributed by atoms with E-state index in [2.05, 4.69) is 32.8 Å². The molecule has 0 aromatic heterocycles. The van der Waals surface area contributed by atoms with Crippen molar-refractivity contribution in [2.75, 3.05) is 38.0 Å². The molecule has 32 heavy (non-hydrogen) atoms. The van der Waals surface area contributed by atoms with Crippen LogP contribution < -0.4 is 20.7 Å². The van der Waals surface area contributed by atoms with E-state index in [1.165, 1.54) is 12.8 Å². The maximum atomic E-state index is 12.2. The summed E-state index contributed by atoms with van der Waals surface area (Å²) in [5.41, 5.74) is 0.629. The summed E-state index contributed by atoms with van der Waals surface area (Å²) in [5, 5.41) is 9.72. The molecule has 0 spiro atoms. The van der Waals surface area contributed by atoms with Gasteiger partial charge in [-0.1, -0.05) is 6.92 Å². The summed E-state index contributed by atoms with van der Waals surface area (Å²) in [7, 11) is 0. The number of rotatable bonds is 9. The Balaban J connectivity index is 0.00000512. The average Bonchev–Trinajstić information content (AvgIpc) is 3.11. The summed E-state index contributed by atoms with van der Waals surface area (Å²) in [5.74, 6) is 1.95. The van der Waals surface area contributed by atoms with Crippen LogP contribution in [0.5, 0.6) is 5.75 Å². The molecule has 0 saturated carbocycles. The molecule has 1 unspecified atom stereocenters. The predicted molar refractivity (Wildman–Crippen MR) is 144 cm³/mol. The van der Waals surface area contributed by atoms with Gasteiger partial charge in [-0.15, -0.1) is 24.0 Å². The molecule has 3 N–H and O–H groups in total. The monoisotopic (exact) mass is 559 g/mol. The maximum Gasteiger partial charge on any atom is 0.242 e. The second-order valence-electron chi connectivity index (χ2n) is 9.62. The number of aliphatic imine (C=N–C) groups is 1. The molecular weight excluding hydrogens is 517 g/mol. The van der Waals surface area contributed by atoms with Gasteiger partial charge in [0, 0.05) is 24.3 Å². The third-order valence-corrected chi connectivity index (χ3v) is 4.85. The highest BCUT2D eigenvalue weighted by molar-refractivity contribution is 14.0. The van der Waals surface area contributed by atoms with Gasteiger partial charge in [0.15, 0.2) is 5.96 Å². The summed E-state index contributed by atoms with van der Waals surface area (Å²) in [6, 6.07) is 7.79.